The second kappa shape index (κ2) is 20.4. The van der Waals surface area contributed by atoms with Crippen molar-refractivity contribution in [1.82, 2.24) is 10.2 Å². The monoisotopic (exact) mass is 649 g/mol. The van der Waals surface area contributed by atoms with Gasteiger partial charge in [0, 0.05) is 54.7 Å². The molecule has 44 heavy (non-hydrogen) atoms. The van der Waals surface area contributed by atoms with Crippen LogP contribution in [0.3, 0.4) is 0 Å². The molecule has 0 spiro atoms. The van der Waals surface area contributed by atoms with Crippen molar-refractivity contribution in [1.29, 1.82) is 0 Å². The number of benzene rings is 2. The first-order valence-corrected chi connectivity index (χ1v) is 17.6. The zero-order valence-corrected chi connectivity index (χ0v) is 28.4. The second-order valence-corrected chi connectivity index (χ2v) is 13.3. The predicted molar refractivity (Wildman–Crippen MR) is 184 cm³/mol. The summed E-state index contributed by atoms with van der Waals surface area (Å²) in [4.78, 5) is 13.4. The lowest BCUT2D eigenvalue weighted by Gasteiger charge is -2.33. The predicted octanol–water partition coefficient (Wildman–Crippen LogP) is 8.06. The number of methoxy groups -OCH3 is 1. The standard InChI is InChI=1S/C19H32FN3OS.C16H21ClO2/c1-21-19-7-3-6-18(20)17(19)9-8-15-11-13-23(2)16(10-12-22-15)5-4-14-25-24;1-19-15-4-2-3-13(11-15)16(9-10-18)12-5-7-14(17)8-6-12/h3,6-7,15-16,21-22,24H,4-5,8-14H2,1-2H3;5-8,10,13,15-16H,2-4,9,11H2,1H3. The Hall–Kier alpha value is -1.68. The number of carbonyl (C=O) groups is 1. The first kappa shape index (κ1) is 36.8. The molecule has 5 atom stereocenters. The largest absolute Gasteiger partial charge is 0.388 e. The molecule has 9 heteroatoms. The Kier molecular flexibility index (Phi) is 17.1. The van der Waals surface area contributed by atoms with Crippen LogP contribution in [0, 0.1) is 11.7 Å². The van der Waals surface area contributed by atoms with Crippen LogP contribution in [0.2, 0.25) is 5.02 Å². The lowest BCUT2D eigenvalue weighted by atomic mass is 9.74. The van der Waals surface area contributed by atoms with Crippen LogP contribution in [0.25, 0.3) is 0 Å². The quantitative estimate of drug-likeness (QED) is 0.115. The highest BCUT2D eigenvalue weighted by Crippen LogP contribution is 2.39. The van der Waals surface area contributed by atoms with E-state index in [9.17, 15) is 9.18 Å². The highest BCUT2D eigenvalue weighted by molar-refractivity contribution is 7.93. The smallest absolute Gasteiger partial charge is 0.128 e. The molecule has 1 aliphatic heterocycles. The Balaban J connectivity index is 0.000000249. The highest BCUT2D eigenvalue weighted by atomic mass is 35.5. The van der Waals surface area contributed by atoms with Gasteiger partial charge >= 0.3 is 0 Å². The number of aldehydes is 1. The average molecular weight is 650 g/mol. The molecule has 0 amide bonds. The van der Waals surface area contributed by atoms with E-state index in [0.717, 1.165) is 105 Å². The van der Waals surface area contributed by atoms with E-state index < -0.39 is 0 Å². The van der Waals surface area contributed by atoms with Crippen LogP contribution in [0.1, 0.15) is 81.3 Å². The molecule has 2 aromatic carbocycles. The number of ether oxygens (including phenoxy) is 1. The Morgan fingerprint density at radius 2 is 1.98 bits per heavy atom. The number of rotatable bonds is 13. The summed E-state index contributed by atoms with van der Waals surface area (Å²) in [5.41, 5.74) is 2.91. The van der Waals surface area contributed by atoms with E-state index in [0.29, 0.717) is 36.4 Å². The van der Waals surface area contributed by atoms with Gasteiger partial charge in [-0.15, -0.1) is 0 Å². The van der Waals surface area contributed by atoms with Crippen LogP contribution < -0.4 is 10.6 Å². The van der Waals surface area contributed by atoms with Gasteiger partial charge in [-0.1, -0.05) is 36.2 Å². The molecule has 0 aromatic heterocycles. The maximum atomic E-state index is 14.1. The van der Waals surface area contributed by atoms with Crippen molar-refractivity contribution < 1.29 is 18.5 Å². The van der Waals surface area contributed by atoms with Crippen LogP contribution >= 0.6 is 23.6 Å². The molecule has 3 N–H and O–H groups in total. The SMILES string of the molecule is CNc1cccc(F)c1CCC1CCN(C)C(CCCSO)CCN1.COC1CCCC(C(CC=O)c2ccc(Cl)cc2)C1. The molecule has 1 saturated heterocycles. The van der Waals surface area contributed by atoms with Gasteiger partial charge in [0.15, 0.2) is 0 Å². The van der Waals surface area contributed by atoms with Crippen molar-refractivity contribution in [3.8, 4) is 0 Å². The molecule has 0 radical (unpaired) electrons. The van der Waals surface area contributed by atoms with Crippen molar-refractivity contribution in [2.75, 3.05) is 45.4 Å². The van der Waals surface area contributed by atoms with Crippen LogP contribution in [0.15, 0.2) is 42.5 Å². The van der Waals surface area contributed by atoms with Gasteiger partial charge in [-0.2, -0.15) is 0 Å². The van der Waals surface area contributed by atoms with Gasteiger partial charge in [0.25, 0.3) is 0 Å². The Labute approximate surface area is 274 Å². The number of hydrogen-bond acceptors (Lipinski definition) is 7. The molecular formula is C35H53ClFN3O3S. The van der Waals surface area contributed by atoms with E-state index in [1.807, 2.05) is 37.4 Å². The molecule has 2 fully saturated rings. The van der Waals surface area contributed by atoms with Gasteiger partial charge in [-0.05, 0) is 132 Å². The summed E-state index contributed by atoms with van der Waals surface area (Å²) in [6.45, 7) is 2.06. The minimum Gasteiger partial charge on any atom is -0.388 e. The van der Waals surface area contributed by atoms with E-state index in [1.54, 1.807) is 19.2 Å². The third-order valence-electron chi connectivity index (χ3n) is 9.49. The summed E-state index contributed by atoms with van der Waals surface area (Å²) >= 11 is 6.88. The van der Waals surface area contributed by atoms with Gasteiger partial charge in [-0.25, -0.2) is 4.39 Å². The zero-order valence-electron chi connectivity index (χ0n) is 26.8. The van der Waals surface area contributed by atoms with Gasteiger partial charge in [0.05, 0.1) is 6.10 Å². The molecule has 6 nitrogen and oxygen atoms in total. The summed E-state index contributed by atoms with van der Waals surface area (Å²) in [7, 11) is 5.83. The van der Waals surface area contributed by atoms with Crippen LogP contribution in [0.5, 0.6) is 0 Å². The number of halogens is 2. The van der Waals surface area contributed by atoms with Gasteiger partial charge in [-0.3, -0.25) is 0 Å². The first-order chi connectivity index (χ1) is 21.4. The number of carbonyl (C=O) groups excluding carboxylic acids is 1. The zero-order chi connectivity index (χ0) is 31.7. The van der Waals surface area contributed by atoms with E-state index in [4.69, 9.17) is 20.9 Å². The minimum atomic E-state index is -0.114. The molecular weight excluding hydrogens is 597 g/mol. The topological polar surface area (TPSA) is 73.8 Å². The van der Waals surface area contributed by atoms with Crippen LogP contribution in [0.4, 0.5) is 10.1 Å². The normalized spacial score (nSPS) is 23.5. The minimum absolute atomic E-state index is 0.114. The van der Waals surface area contributed by atoms with Gasteiger partial charge < -0.3 is 29.6 Å². The van der Waals surface area contributed by atoms with Crippen molar-refractivity contribution >= 4 is 35.6 Å². The van der Waals surface area contributed by atoms with Gasteiger partial charge in [0.1, 0.15) is 12.1 Å². The Morgan fingerprint density at radius 1 is 1.18 bits per heavy atom. The molecule has 1 aliphatic carbocycles. The number of nitrogens with one attached hydrogen (secondary N) is 2. The van der Waals surface area contributed by atoms with Crippen LogP contribution in [-0.2, 0) is 16.0 Å². The summed E-state index contributed by atoms with van der Waals surface area (Å²) < 4.78 is 28.5. The summed E-state index contributed by atoms with van der Waals surface area (Å²) in [6.07, 6.45) is 12.6. The van der Waals surface area contributed by atoms with Crippen LogP contribution in [-0.4, -0.2) is 74.0 Å². The Morgan fingerprint density at radius 3 is 2.68 bits per heavy atom. The van der Waals surface area contributed by atoms with Crippen molar-refractivity contribution in [2.24, 2.45) is 5.92 Å². The van der Waals surface area contributed by atoms with E-state index in [-0.39, 0.29) is 5.82 Å². The molecule has 4 rings (SSSR count). The fraction of sp³-hybridized carbons (Fsp3) is 0.629. The van der Waals surface area contributed by atoms with Gasteiger partial charge in [0.2, 0.25) is 0 Å². The Bertz CT molecular complexity index is 1100. The molecule has 2 aliphatic rings. The fourth-order valence-corrected chi connectivity index (χ4v) is 7.28. The average Bonchev–Trinajstić information content (AvgIpc) is 3.04. The lowest BCUT2D eigenvalue weighted by Crippen LogP contribution is -2.43. The summed E-state index contributed by atoms with van der Waals surface area (Å²) in [6, 6.07) is 14.2. The second-order valence-electron chi connectivity index (χ2n) is 12.2. The van der Waals surface area contributed by atoms with Crippen molar-refractivity contribution in [3.63, 3.8) is 0 Å². The van der Waals surface area contributed by atoms with E-state index in [1.165, 1.54) is 18.4 Å². The van der Waals surface area contributed by atoms with Crippen molar-refractivity contribution in [2.45, 2.75) is 94.7 Å². The first-order valence-electron chi connectivity index (χ1n) is 16.3. The maximum Gasteiger partial charge on any atom is 0.128 e. The summed E-state index contributed by atoms with van der Waals surface area (Å²) in [5, 5.41) is 7.50. The molecule has 0 bridgehead atoms. The molecule has 2 aromatic rings. The number of nitrogens with zero attached hydrogens (tertiary/aromatic N) is 1. The molecule has 5 unspecified atom stereocenters. The number of anilines is 1. The van der Waals surface area contributed by atoms with E-state index in [2.05, 4.69) is 22.6 Å². The highest BCUT2D eigenvalue weighted by Gasteiger charge is 2.29. The lowest BCUT2D eigenvalue weighted by molar-refractivity contribution is -0.108. The molecule has 1 saturated carbocycles. The molecule has 1 heterocycles. The summed E-state index contributed by atoms with van der Waals surface area (Å²) in [5.74, 6) is 1.53. The third-order valence-corrected chi connectivity index (χ3v) is 10.2. The van der Waals surface area contributed by atoms with E-state index >= 15 is 0 Å². The van der Waals surface area contributed by atoms with Crippen molar-refractivity contribution in [3.05, 3.63) is 64.4 Å². The maximum absolute atomic E-state index is 14.1. The molecule has 246 valence electrons. The number of hydrogen-bond donors (Lipinski definition) is 3. The fourth-order valence-electron chi connectivity index (χ4n) is 6.85. The third kappa shape index (κ3) is 11.9.